The molecule has 0 radical (unpaired) electrons. The van der Waals surface area contributed by atoms with E-state index < -0.39 is 11.6 Å². The first kappa shape index (κ1) is 19.3. The summed E-state index contributed by atoms with van der Waals surface area (Å²) in [5, 5.41) is 2.85. The summed E-state index contributed by atoms with van der Waals surface area (Å²) >= 11 is 0. The van der Waals surface area contributed by atoms with E-state index in [1.807, 2.05) is 6.92 Å². The van der Waals surface area contributed by atoms with Crippen molar-refractivity contribution in [2.24, 2.45) is 0 Å². The molecule has 2 fully saturated rings. The Hall–Kier alpha value is -2.44. The second-order valence-electron chi connectivity index (χ2n) is 7.51. The van der Waals surface area contributed by atoms with Crippen LogP contribution in [0, 0.1) is 5.82 Å². The predicted molar refractivity (Wildman–Crippen MR) is 98.3 cm³/mol. The van der Waals surface area contributed by atoms with Crippen molar-refractivity contribution in [1.29, 1.82) is 0 Å². The molecule has 1 aliphatic carbocycles. The van der Waals surface area contributed by atoms with Crippen LogP contribution in [0.1, 0.15) is 57.1 Å². The Labute approximate surface area is 158 Å². The van der Waals surface area contributed by atoms with Gasteiger partial charge in [-0.1, -0.05) is 31.4 Å². The molecule has 0 bridgehead atoms. The van der Waals surface area contributed by atoms with Gasteiger partial charge in [0.2, 0.25) is 5.91 Å². The van der Waals surface area contributed by atoms with Gasteiger partial charge in [0.1, 0.15) is 11.4 Å². The van der Waals surface area contributed by atoms with E-state index in [1.54, 1.807) is 24.1 Å². The summed E-state index contributed by atoms with van der Waals surface area (Å²) < 4.78 is 13.1. The first-order valence-corrected chi connectivity index (χ1v) is 9.49. The Morgan fingerprint density at radius 3 is 2.48 bits per heavy atom. The first-order valence-electron chi connectivity index (χ1n) is 9.49. The highest BCUT2D eigenvalue weighted by atomic mass is 19.1. The van der Waals surface area contributed by atoms with Crippen LogP contribution in [0.25, 0.3) is 0 Å². The molecule has 2 aliphatic rings. The summed E-state index contributed by atoms with van der Waals surface area (Å²) in [4.78, 5) is 40.3. The van der Waals surface area contributed by atoms with Gasteiger partial charge in [-0.2, -0.15) is 0 Å². The standard InChI is InChI=1S/C20H26FN3O3/c1-14(15-6-8-16(21)9-7-15)23(2)17(25)10-13-24-18(26)20(22-19(24)27)11-4-3-5-12-20/h6-9,14H,3-5,10-13H2,1-2H3,(H,22,27)/t14-/m1/s1. The lowest BCUT2D eigenvalue weighted by Crippen LogP contribution is -2.48. The lowest BCUT2D eigenvalue weighted by Gasteiger charge is -2.30. The molecule has 6 nitrogen and oxygen atoms in total. The number of nitrogens with zero attached hydrogens (tertiary/aromatic N) is 2. The van der Waals surface area contributed by atoms with E-state index in [2.05, 4.69) is 5.32 Å². The summed E-state index contributed by atoms with van der Waals surface area (Å²) in [6, 6.07) is 5.39. The SMILES string of the molecule is C[C@H](c1ccc(F)cc1)N(C)C(=O)CCN1C(=O)NC2(CCCCC2)C1=O. The number of imide groups is 1. The molecule has 0 aromatic heterocycles. The summed E-state index contributed by atoms with van der Waals surface area (Å²) in [6.07, 6.45) is 4.34. The van der Waals surface area contributed by atoms with Crippen LogP contribution in [-0.4, -0.2) is 46.8 Å². The van der Waals surface area contributed by atoms with Crippen molar-refractivity contribution in [1.82, 2.24) is 15.1 Å². The largest absolute Gasteiger partial charge is 0.339 e. The Bertz CT molecular complexity index is 728. The number of benzene rings is 1. The molecule has 1 heterocycles. The molecule has 0 unspecified atom stereocenters. The molecular weight excluding hydrogens is 349 g/mol. The van der Waals surface area contributed by atoms with Crippen LogP contribution in [0.2, 0.25) is 0 Å². The second kappa shape index (κ2) is 7.66. The van der Waals surface area contributed by atoms with Gasteiger partial charge in [0.25, 0.3) is 5.91 Å². The third-order valence-corrected chi connectivity index (χ3v) is 5.83. The molecule has 1 aromatic carbocycles. The molecule has 1 N–H and O–H groups in total. The number of urea groups is 1. The Morgan fingerprint density at radius 2 is 1.85 bits per heavy atom. The number of amides is 4. The zero-order chi connectivity index (χ0) is 19.6. The number of carbonyl (C=O) groups excluding carboxylic acids is 3. The summed E-state index contributed by atoms with van der Waals surface area (Å²) in [5.41, 5.74) is 0.0643. The number of rotatable bonds is 5. The van der Waals surface area contributed by atoms with Crippen LogP contribution >= 0.6 is 0 Å². The van der Waals surface area contributed by atoms with Gasteiger partial charge in [0.15, 0.2) is 0 Å². The van der Waals surface area contributed by atoms with Crippen molar-refractivity contribution in [3.05, 3.63) is 35.6 Å². The summed E-state index contributed by atoms with van der Waals surface area (Å²) in [6.45, 7) is 1.93. The van der Waals surface area contributed by atoms with Gasteiger partial charge in [0.05, 0.1) is 6.04 Å². The molecule has 1 spiro atoms. The molecular formula is C20H26FN3O3. The second-order valence-corrected chi connectivity index (χ2v) is 7.51. The smallest absolute Gasteiger partial charge is 0.325 e. The fraction of sp³-hybridized carbons (Fsp3) is 0.550. The molecule has 4 amide bonds. The van der Waals surface area contributed by atoms with Gasteiger partial charge in [-0.15, -0.1) is 0 Å². The summed E-state index contributed by atoms with van der Waals surface area (Å²) in [7, 11) is 1.67. The molecule has 1 aromatic rings. The van der Waals surface area contributed by atoms with Crippen molar-refractivity contribution >= 4 is 17.8 Å². The Balaban J connectivity index is 1.59. The van der Waals surface area contributed by atoms with E-state index in [1.165, 1.54) is 17.0 Å². The number of hydrogen-bond acceptors (Lipinski definition) is 3. The van der Waals surface area contributed by atoms with Crippen molar-refractivity contribution in [3.8, 4) is 0 Å². The Morgan fingerprint density at radius 1 is 1.22 bits per heavy atom. The highest BCUT2D eigenvalue weighted by Gasteiger charge is 2.51. The van der Waals surface area contributed by atoms with Crippen LogP contribution in [0.4, 0.5) is 9.18 Å². The lowest BCUT2D eigenvalue weighted by molar-refractivity contribution is -0.134. The Kier molecular flexibility index (Phi) is 5.48. The first-order chi connectivity index (χ1) is 12.8. The molecule has 1 saturated carbocycles. The van der Waals surface area contributed by atoms with E-state index in [0.29, 0.717) is 12.8 Å². The van der Waals surface area contributed by atoms with Gasteiger partial charge in [0, 0.05) is 20.0 Å². The normalized spacial score (nSPS) is 19.9. The van der Waals surface area contributed by atoms with Gasteiger partial charge < -0.3 is 10.2 Å². The van der Waals surface area contributed by atoms with Gasteiger partial charge in [-0.3, -0.25) is 14.5 Å². The fourth-order valence-electron chi connectivity index (χ4n) is 3.94. The van der Waals surface area contributed by atoms with Gasteiger partial charge >= 0.3 is 6.03 Å². The van der Waals surface area contributed by atoms with E-state index in [0.717, 1.165) is 24.8 Å². The monoisotopic (exact) mass is 375 g/mol. The summed E-state index contributed by atoms with van der Waals surface area (Å²) in [5.74, 6) is -0.693. The van der Waals surface area contributed by atoms with Crippen LogP contribution in [0.15, 0.2) is 24.3 Å². The van der Waals surface area contributed by atoms with Crippen LogP contribution in [-0.2, 0) is 9.59 Å². The highest BCUT2D eigenvalue weighted by Crippen LogP contribution is 2.33. The minimum absolute atomic E-state index is 0.0667. The molecule has 146 valence electrons. The molecule has 3 rings (SSSR count). The highest BCUT2D eigenvalue weighted by molar-refractivity contribution is 6.07. The van der Waals surface area contributed by atoms with Crippen molar-refractivity contribution in [2.45, 2.75) is 57.0 Å². The topological polar surface area (TPSA) is 69.7 Å². The molecule has 1 saturated heterocycles. The number of halogens is 1. The third kappa shape index (κ3) is 3.82. The minimum Gasteiger partial charge on any atom is -0.339 e. The number of carbonyl (C=O) groups is 3. The van der Waals surface area contributed by atoms with E-state index >= 15 is 0 Å². The molecule has 1 aliphatic heterocycles. The van der Waals surface area contributed by atoms with Crippen LogP contribution < -0.4 is 5.32 Å². The van der Waals surface area contributed by atoms with E-state index in [9.17, 15) is 18.8 Å². The molecule has 27 heavy (non-hydrogen) atoms. The zero-order valence-corrected chi connectivity index (χ0v) is 15.8. The van der Waals surface area contributed by atoms with Crippen molar-refractivity contribution in [3.63, 3.8) is 0 Å². The zero-order valence-electron chi connectivity index (χ0n) is 15.8. The maximum absolute atomic E-state index is 13.1. The maximum Gasteiger partial charge on any atom is 0.325 e. The average Bonchev–Trinajstić information content (AvgIpc) is 2.89. The van der Waals surface area contributed by atoms with Crippen molar-refractivity contribution in [2.75, 3.05) is 13.6 Å². The minimum atomic E-state index is -0.758. The van der Waals surface area contributed by atoms with E-state index in [4.69, 9.17) is 0 Å². The van der Waals surface area contributed by atoms with Crippen molar-refractivity contribution < 1.29 is 18.8 Å². The van der Waals surface area contributed by atoms with Gasteiger partial charge in [-0.05, 0) is 37.5 Å². The van der Waals surface area contributed by atoms with Crippen LogP contribution in [0.5, 0.6) is 0 Å². The fourth-order valence-corrected chi connectivity index (χ4v) is 3.94. The van der Waals surface area contributed by atoms with Crippen LogP contribution in [0.3, 0.4) is 0 Å². The average molecular weight is 375 g/mol. The van der Waals surface area contributed by atoms with E-state index in [-0.39, 0.29) is 36.6 Å². The third-order valence-electron chi connectivity index (χ3n) is 5.83. The number of hydrogen-bond donors (Lipinski definition) is 1. The van der Waals surface area contributed by atoms with Gasteiger partial charge in [-0.25, -0.2) is 9.18 Å². The molecule has 7 heteroatoms. The quantitative estimate of drug-likeness (QED) is 0.805. The maximum atomic E-state index is 13.1. The molecule has 1 atom stereocenters. The predicted octanol–water partition coefficient (Wildman–Crippen LogP) is 2.99. The lowest BCUT2D eigenvalue weighted by atomic mass is 9.82. The number of nitrogens with one attached hydrogen (secondary N) is 1.